The van der Waals surface area contributed by atoms with Gasteiger partial charge in [0.2, 0.25) is 0 Å². The van der Waals surface area contributed by atoms with E-state index in [4.69, 9.17) is 9.72 Å². The van der Waals surface area contributed by atoms with Gasteiger partial charge in [-0.3, -0.25) is 9.59 Å². The first-order valence-electron chi connectivity index (χ1n) is 22.7. The second-order valence-electron chi connectivity index (χ2n) is 21.3. The fourth-order valence-electron chi connectivity index (χ4n) is 14.7. The molecule has 1 saturated heterocycles. The minimum atomic E-state index is -0.658. The number of carbonyl (C=O) groups excluding carboxylic acids is 3. The van der Waals surface area contributed by atoms with Crippen molar-refractivity contribution < 1.29 is 19.1 Å². The Morgan fingerprint density at radius 2 is 1.67 bits per heavy atom. The molecule has 2 heterocycles. The summed E-state index contributed by atoms with van der Waals surface area (Å²) in [6, 6.07) is 10.3. The second-order valence-corrected chi connectivity index (χ2v) is 21.3. The summed E-state index contributed by atoms with van der Waals surface area (Å²) in [5.74, 6) is 2.37. The van der Waals surface area contributed by atoms with Crippen LogP contribution in [0.1, 0.15) is 138 Å². The normalized spacial score (nSPS) is 36.7. The molecule has 5 aliphatic carbocycles. The van der Waals surface area contributed by atoms with E-state index in [1.54, 1.807) is 6.92 Å². The molecule has 58 heavy (non-hydrogen) atoms. The van der Waals surface area contributed by atoms with Gasteiger partial charge in [-0.25, -0.2) is 9.78 Å². The number of nitrogens with one attached hydrogen (secondary N) is 1. The van der Waals surface area contributed by atoms with Crippen LogP contribution in [0, 0.1) is 45.3 Å². The summed E-state index contributed by atoms with van der Waals surface area (Å²) in [4.78, 5) is 50.8. The van der Waals surface area contributed by atoms with E-state index in [0.717, 1.165) is 100.0 Å². The molecule has 9 atom stereocenters. The van der Waals surface area contributed by atoms with Gasteiger partial charge in [0.25, 0.3) is 0 Å². The summed E-state index contributed by atoms with van der Waals surface area (Å²) in [5, 5.41) is 3.70. The van der Waals surface area contributed by atoms with Gasteiger partial charge in [0.15, 0.2) is 5.78 Å². The zero-order chi connectivity index (χ0) is 41.6. The average Bonchev–Trinajstić information content (AvgIpc) is 3.88. The molecule has 0 radical (unpaired) electrons. The molecule has 1 aromatic carbocycles. The fraction of sp³-hybridized carbons (Fsp3) is 0.714. The average molecular weight is 794 g/mol. The number of ketones is 1. The standard InChI is InChI=1S/C49H71N5O4/c1-31(2)41-37(56)29-49(51-44(57)54-26-14-17-35(54)43-50-30-36(33-15-12-11-13-16-33)53(43)28-27-52(9)10)25-24-47(7)34(42(41)49)18-19-39-46(6)22-21-40(58-32(3)55)45(4,5)38(46)20-23-48(39,47)8/h11-13,15-16,30-31,34-35,38-40H,14,17-29H2,1-10H3,(H,51,57)/t34-,35+,38+,39-,40+,46+,47-,48-,49-/m1/s1. The molecule has 2 aromatic rings. The Morgan fingerprint density at radius 1 is 0.931 bits per heavy atom. The van der Waals surface area contributed by atoms with Crippen molar-refractivity contribution >= 4 is 17.8 Å². The van der Waals surface area contributed by atoms with Crippen LogP contribution >= 0.6 is 0 Å². The lowest BCUT2D eigenvalue weighted by Gasteiger charge is -2.72. The second kappa shape index (κ2) is 14.6. The van der Waals surface area contributed by atoms with E-state index in [9.17, 15) is 14.4 Å². The highest BCUT2D eigenvalue weighted by molar-refractivity contribution is 6.02. The number of hydrogen-bond acceptors (Lipinski definition) is 6. The molecule has 9 heteroatoms. The minimum Gasteiger partial charge on any atom is -0.462 e. The third-order valence-corrected chi connectivity index (χ3v) is 17.6. The Bertz CT molecular complexity index is 1970. The molecule has 1 aliphatic heterocycles. The zero-order valence-electron chi connectivity index (χ0n) is 37.2. The number of fused-ring (bicyclic) bond motifs is 7. The molecule has 2 amide bonds. The van der Waals surface area contributed by atoms with Crippen molar-refractivity contribution in [3.63, 3.8) is 0 Å². The highest BCUT2D eigenvalue weighted by atomic mass is 16.5. The predicted molar refractivity (Wildman–Crippen MR) is 229 cm³/mol. The summed E-state index contributed by atoms with van der Waals surface area (Å²) in [6.45, 7) is 20.7. The van der Waals surface area contributed by atoms with E-state index in [0.29, 0.717) is 24.8 Å². The van der Waals surface area contributed by atoms with Crippen LogP contribution in [-0.4, -0.2) is 76.0 Å². The zero-order valence-corrected chi connectivity index (χ0v) is 37.2. The summed E-state index contributed by atoms with van der Waals surface area (Å²) in [6.07, 6.45) is 12.3. The van der Waals surface area contributed by atoms with Gasteiger partial charge in [-0.15, -0.1) is 0 Å². The summed E-state index contributed by atoms with van der Waals surface area (Å²) < 4.78 is 8.32. The molecule has 0 spiro atoms. The third-order valence-electron chi connectivity index (χ3n) is 17.6. The van der Waals surface area contributed by atoms with Gasteiger partial charge in [0, 0.05) is 38.4 Å². The van der Waals surface area contributed by atoms with Gasteiger partial charge < -0.3 is 24.4 Å². The maximum Gasteiger partial charge on any atom is 0.318 e. The molecule has 8 rings (SSSR count). The summed E-state index contributed by atoms with van der Waals surface area (Å²) in [7, 11) is 4.19. The van der Waals surface area contributed by atoms with Crippen molar-refractivity contribution in [2.24, 2.45) is 45.3 Å². The molecule has 316 valence electrons. The first kappa shape index (κ1) is 41.3. The summed E-state index contributed by atoms with van der Waals surface area (Å²) in [5.41, 5.74) is 3.96. The Balaban J connectivity index is 1.10. The predicted octanol–water partition coefficient (Wildman–Crippen LogP) is 9.62. The quantitative estimate of drug-likeness (QED) is 0.268. The number of allylic oxidation sites excluding steroid dienone is 1. The van der Waals surface area contributed by atoms with Crippen LogP contribution in [0.25, 0.3) is 11.3 Å². The topological polar surface area (TPSA) is 96.8 Å². The van der Waals surface area contributed by atoms with Gasteiger partial charge >= 0.3 is 12.0 Å². The van der Waals surface area contributed by atoms with Gasteiger partial charge in [-0.05, 0) is 135 Å². The number of ether oxygens (including phenoxy) is 1. The maximum atomic E-state index is 15.0. The van der Waals surface area contributed by atoms with Gasteiger partial charge in [0.05, 0.1) is 23.5 Å². The Labute approximate surface area is 348 Å². The van der Waals surface area contributed by atoms with Crippen LogP contribution in [0.2, 0.25) is 0 Å². The van der Waals surface area contributed by atoms with E-state index in [1.165, 1.54) is 5.57 Å². The third kappa shape index (κ3) is 6.24. The fourth-order valence-corrected chi connectivity index (χ4v) is 14.7. The number of carbonyl (C=O) groups is 3. The van der Waals surface area contributed by atoms with Crippen LogP contribution in [0.3, 0.4) is 0 Å². The van der Waals surface area contributed by atoms with E-state index >= 15 is 0 Å². The van der Waals surface area contributed by atoms with Crippen molar-refractivity contribution in [2.45, 2.75) is 150 Å². The molecule has 0 unspecified atom stereocenters. The molecule has 1 aromatic heterocycles. The monoisotopic (exact) mass is 794 g/mol. The van der Waals surface area contributed by atoms with E-state index < -0.39 is 5.54 Å². The number of imidazole rings is 1. The van der Waals surface area contributed by atoms with Crippen LogP contribution in [0.15, 0.2) is 47.7 Å². The van der Waals surface area contributed by atoms with Crippen LogP contribution in [0.5, 0.6) is 0 Å². The highest BCUT2D eigenvalue weighted by Gasteiger charge is 2.70. The molecule has 0 bridgehead atoms. The molecule has 4 saturated carbocycles. The maximum absolute atomic E-state index is 15.0. The number of aromatic nitrogens is 2. The minimum absolute atomic E-state index is 0.00367. The first-order valence-corrected chi connectivity index (χ1v) is 22.7. The van der Waals surface area contributed by atoms with Crippen molar-refractivity contribution in [1.82, 2.24) is 24.7 Å². The highest BCUT2D eigenvalue weighted by Crippen LogP contribution is 2.76. The number of urea groups is 1. The van der Waals surface area contributed by atoms with Crippen LogP contribution in [-0.2, 0) is 20.9 Å². The molecular formula is C49H71N5O4. The number of hydrogen-bond donors (Lipinski definition) is 1. The lowest BCUT2D eigenvalue weighted by molar-refractivity contribution is -0.231. The number of likely N-dealkylation sites (tertiary alicyclic amines) is 1. The Morgan fingerprint density at radius 3 is 2.36 bits per heavy atom. The number of benzene rings is 1. The molecule has 1 N–H and O–H groups in total. The number of amides is 2. The van der Waals surface area contributed by atoms with Gasteiger partial charge in [-0.2, -0.15) is 0 Å². The number of esters is 1. The van der Waals surface area contributed by atoms with Crippen LogP contribution < -0.4 is 5.32 Å². The SMILES string of the molecule is CC(=O)O[C@H]1CC[C@]2(C)[C@H]3CC[C@@H]4C5=C(C(C)C)C(=O)C[C@]5(NC(=O)N5CCC[C@H]5c5ncc(-c6ccccc6)n5CCN(C)C)CC[C@@]4(C)[C@]3(C)CC[C@H]2C1(C)C. The Kier molecular flexibility index (Phi) is 10.4. The van der Waals surface area contributed by atoms with E-state index in [1.807, 2.05) is 17.2 Å². The number of nitrogens with zero attached hydrogens (tertiary/aromatic N) is 4. The molecule has 9 nitrogen and oxygen atoms in total. The lowest BCUT2D eigenvalue weighted by atomic mass is 9.33. The number of rotatable bonds is 8. The van der Waals surface area contributed by atoms with Crippen molar-refractivity contribution in [3.8, 4) is 11.3 Å². The number of Topliss-reactive ketones (excluding diaryl/α,β-unsaturated/α-hetero) is 1. The largest absolute Gasteiger partial charge is 0.462 e. The summed E-state index contributed by atoms with van der Waals surface area (Å²) >= 11 is 0. The van der Waals surface area contributed by atoms with Crippen molar-refractivity contribution in [2.75, 3.05) is 27.2 Å². The van der Waals surface area contributed by atoms with E-state index in [-0.39, 0.29) is 63.4 Å². The van der Waals surface area contributed by atoms with Crippen molar-refractivity contribution in [3.05, 3.63) is 53.5 Å². The van der Waals surface area contributed by atoms with E-state index in [2.05, 4.69) is 102 Å². The lowest BCUT2D eigenvalue weighted by Crippen LogP contribution is -2.67. The molecular weight excluding hydrogens is 723 g/mol. The first-order chi connectivity index (χ1) is 27.4. The van der Waals surface area contributed by atoms with Crippen molar-refractivity contribution in [1.29, 1.82) is 0 Å². The molecule has 5 fully saturated rings. The van der Waals surface area contributed by atoms with Gasteiger partial charge in [0.1, 0.15) is 11.9 Å². The van der Waals surface area contributed by atoms with Gasteiger partial charge in [-0.1, -0.05) is 78.8 Å². The smallest absolute Gasteiger partial charge is 0.318 e. The van der Waals surface area contributed by atoms with Crippen LogP contribution in [0.4, 0.5) is 4.79 Å². The Hall–Kier alpha value is -3.46. The molecule has 6 aliphatic rings. The number of likely N-dealkylation sites (N-methyl/N-ethyl adjacent to an activating group) is 1.